The predicted octanol–water partition coefficient (Wildman–Crippen LogP) is 5.33. The van der Waals surface area contributed by atoms with Gasteiger partial charge in [0.25, 0.3) is 0 Å². The molecule has 1 nitrogen and oxygen atoms in total. The van der Waals surface area contributed by atoms with Crippen LogP contribution < -0.4 is 0 Å². The van der Waals surface area contributed by atoms with Gasteiger partial charge in [-0.05, 0) is 24.5 Å². The van der Waals surface area contributed by atoms with Crippen LogP contribution in [0.2, 0.25) is 0 Å². The van der Waals surface area contributed by atoms with Crippen LogP contribution in [0.5, 0.6) is 0 Å². The summed E-state index contributed by atoms with van der Waals surface area (Å²) in [6.07, 6.45) is -13.5. The van der Waals surface area contributed by atoms with Gasteiger partial charge in [0.15, 0.2) is 0 Å². The molecule has 0 aromatic heterocycles. The summed E-state index contributed by atoms with van der Waals surface area (Å²) in [5.74, 6) is 0. The van der Waals surface area contributed by atoms with Crippen LogP contribution in [0, 0.1) is 0 Å². The van der Waals surface area contributed by atoms with E-state index in [2.05, 4.69) is 0 Å². The Hall–Kier alpha value is -1.31. The maximum absolute atomic E-state index is 14.0. The van der Waals surface area contributed by atoms with E-state index in [0.717, 1.165) is 19.6 Å². The summed E-state index contributed by atoms with van der Waals surface area (Å²) < 4.78 is 95.3. The lowest BCUT2D eigenvalue weighted by atomic mass is 9.83. The molecule has 1 rings (SSSR count). The number of halogens is 7. The number of methoxy groups -OCH3 is 1. The fourth-order valence-electron chi connectivity index (χ4n) is 2.21. The summed E-state index contributed by atoms with van der Waals surface area (Å²) in [6.45, 7) is 2.84. The van der Waals surface area contributed by atoms with Crippen molar-refractivity contribution in [3.63, 3.8) is 0 Å². The van der Waals surface area contributed by atoms with E-state index in [1.165, 1.54) is 12.1 Å². The molecule has 0 fully saturated rings. The molecule has 0 aliphatic heterocycles. The van der Waals surface area contributed by atoms with Gasteiger partial charge in [-0.2, -0.15) is 26.3 Å². The third-order valence-corrected chi connectivity index (χ3v) is 3.90. The SMILES string of the molecule is CCc1ccc(C(C)(CC(F)(C(F)(F)F)C(F)(F)F)OC)cc1. The van der Waals surface area contributed by atoms with Crippen LogP contribution in [0.15, 0.2) is 24.3 Å². The largest absolute Gasteiger partial charge is 0.431 e. The maximum atomic E-state index is 14.0. The van der Waals surface area contributed by atoms with Gasteiger partial charge >= 0.3 is 18.0 Å². The van der Waals surface area contributed by atoms with Gasteiger partial charge in [0.2, 0.25) is 0 Å². The van der Waals surface area contributed by atoms with E-state index in [-0.39, 0.29) is 5.56 Å². The Morgan fingerprint density at radius 3 is 1.61 bits per heavy atom. The molecule has 1 atom stereocenters. The lowest BCUT2D eigenvalue weighted by Crippen LogP contribution is -2.56. The molecule has 1 aromatic carbocycles. The molecule has 0 radical (unpaired) electrons. The first-order valence-corrected chi connectivity index (χ1v) is 6.77. The van der Waals surface area contributed by atoms with Gasteiger partial charge in [-0.3, -0.25) is 0 Å². The number of hydrogen-bond acceptors (Lipinski definition) is 1. The summed E-state index contributed by atoms with van der Waals surface area (Å²) in [5, 5.41) is 0. The van der Waals surface area contributed by atoms with Gasteiger partial charge in [-0.25, -0.2) is 4.39 Å². The van der Waals surface area contributed by atoms with Crippen molar-refractivity contribution in [2.45, 2.75) is 50.3 Å². The minimum Gasteiger partial charge on any atom is -0.374 e. The Morgan fingerprint density at radius 1 is 0.870 bits per heavy atom. The molecule has 0 heterocycles. The summed E-state index contributed by atoms with van der Waals surface area (Å²) in [4.78, 5) is 0. The van der Waals surface area contributed by atoms with Crippen molar-refractivity contribution in [2.24, 2.45) is 0 Å². The van der Waals surface area contributed by atoms with Gasteiger partial charge in [0.1, 0.15) is 0 Å². The number of ether oxygens (including phenoxy) is 1. The van der Waals surface area contributed by atoms with Crippen LogP contribution in [0.25, 0.3) is 0 Å². The summed E-state index contributed by atoms with van der Waals surface area (Å²) >= 11 is 0. The minimum absolute atomic E-state index is 0.0349. The van der Waals surface area contributed by atoms with Crippen LogP contribution in [0.3, 0.4) is 0 Å². The monoisotopic (exact) mass is 346 g/mol. The van der Waals surface area contributed by atoms with Crippen molar-refractivity contribution in [2.75, 3.05) is 7.11 Å². The quantitative estimate of drug-likeness (QED) is 0.655. The van der Waals surface area contributed by atoms with Gasteiger partial charge in [-0.1, -0.05) is 31.2 Å². The maximum Gasteiger partial charge on any atom is 0.431 e. The summed E-state index contributed by atoms with van der Waals surface area (Å²) in [6, 6.07) is 5.78. The van der Waals surface area contributed by atoms with E-state index in [1.54, 1.807) is 12.1 Å². The zero-order chi connectivity index (χ0) is 18.1. The fraction of sp³-hybridized carbons (Fsp3) is 0.600. The smallest absolute Gasteiger partial charge is 0.374 e. The average Bonchev–Trinajstić information content (AvgIpc) is 2.44. The lowest BCUT2D eigenvalue weighted by Gasteiger charge is -2.38. The molecule has 0 aliphatic carbocycles. The summed E-state index contributed by atoms with van der Waals surface area (Å²) in [7, 11) is 0.945. The average molecular weight is 346 g/mol. The predicted molar refractivity (Wildman–Crippen MR) is 70.7 cm³/mol. The Bertz CT molecular complexity index is 504. The van der Waals surface area contributed by atoms with Crippen LogP contribution in [0.1, 0.15) is 31.4 Å². The Kier molecular flexibility index (Phi) is 5.40. The van der Waals surface area contributed by atoms with Crippen LogP contribution in [-0.2, 0) is 16.8 Å². The van der Waals surface area contributed by atoms with Crippen molar-refractivity contribution < 1.29 is 35.5 Å². The van der Waals surface area contributed by atoms with Crippen molar-refractivity contribution in [1.82, 2.24) is 0 Å². The van der Waals surface area contributed by atoms with Gasteiger partial charge in [0, 0.05) is 13.5 Å². The van der Waals surface area contributed by atoms with Crippen LogP contribution in [-0.4, -0.2) is 25.1 Å². The van der Waals surface area contributed by atoms with Gasteiger partial charge < -0.3 is 4.74 Å². The van der Waals surface area contributed by atoms with Crippen LogP contribution >= 0.6 is 0 Å². The van der Waals surface area contributed by atoms with E-state index in [0.29, 0.717) is 6.42 Å². The molecule has 132 valence electrons. The van der Waals surface area contributed by atoms with Crippen molar-refractivity contribution in [3.05, 3.63) is 35.4 Å². The number of benzene rings is 1. The molecule has 0 saturated carbocycles. The highest BCUT2D eigenvalue weighted by Crippen LogP contribution is 2.52. The Balaban J connectivity index is 3.31. The second-order valence-electron chi connectivity index (χ2n) is 5.46. The lowest BCUT2D eigenvalue weighted by molar-refractivity contribution is -0.353. The normalized spacial score (nSPS) is 16.3. The molecule has 8 heteroatoms. The fourth-order valence-corrected chi connectivity index (χ4v) is 2.21. The van der Waals surface area contributed by atoms with E-state index >= 15 is 0 Å². The first-order chi connectivity index (χ1) is 10.3. The molecule has 0 bridgehead atoms. The second kappa shape index (κ2) is 6.30. The first-order valence-electron chi connectivity index (χ1n) is 6.77. The third-order valence-electron chi connectivity index (χ3n) is 3.90. The van der Waals surface area contributed by atoms with Crippen molar-refractivity contribution >= 4 is 0 Å². The molecule has 1 unspecified atom stereocenters. The molecule has 23 heavy (non-hydrogen) atoms. The third kappa shape index (κ3) is 3.79. The number of rotatable bonds is 5. The number of alkyl halides is 7. The van der Waals surface area contributed by atoms with E-state index < -0.39 is 30.0 Å². The summed E-state index contributed by atoms with van der Waals surface area (Å²) in [5.41, 5.74) is -6.58. The van der Waals surface area contributed by atoms with Gasteiger partial charge in [0.05, 0.1) is 5.60 Å². The Labute approximate surface area is 129 Å². The first kappa shape index (κ1) is 19.7. The zero-order valence-corrected chi connectivity index (χ0v) is 12.8. The standard InChI is InChI=1S/C15H17F7O/c1-4-10-5-7-11(8-6-10)12(2,23-3)9-13(16,14(17,18)19)15(20,21)22/h5-8H,4,9H2,1-3H3. The molecular weight excluding hydrogens is 329 g/mol. The van der Waals surface area contributed by atoms with E-state index in [9.17, 15) is 30.7 Å². The van der Waals surface area contributed by atoms with E-state index in [4.69, 9.17) is 4.74 Å². The molecule has 0 N–H and O–H groups in total. The highest BCUT2D eigenvalue weighted by Gasteiger charge is 2.74. The highest BCUT2D eigenvalue weighted by atomic mass is 19.4. The highest BCUT2D eigenvalue weighted by molar-refractivity contribution is 5.28. The molecular formula is C15H17F7O. The topological polar surface area (TPSA) is 9.23 Å². The van der Waals surface area contributed by atoms with Crippen molar-refractivity contribution in [1.29, 1.82) is 0 Å². The van der Waals surface area contributed by atoms with E-state index in [1.807, 2.05) is 6.92 Å². The number of aryl methyl sites for hydroxylation is 1. The molecule has 0 spiro atoms. The number of hydrogen-bond donors (Lipinski definition) is 0. The molecule has 1 aromatic rings. The van der Waals surface area contributed by atoms with Gasteiger partial charge in [-0.15, -0.1) is 0 Å². The molecule has 0 saturated heterocycles. The van der Waals surface area contributed by atoms with Crippen LogP contribution in [0.4, 0.5) is 30.7 Å². The molecule has 0 aliphatic rings. The van der Waals surface area contributed by atoms with Crippen molar-refractivity contribution in [3.8, 4) is 0 Å². The molecule has 0 amide bonds. The minimum atomic E-state index is -6.10. The Morgan fingerprint density at radius 2 is 1.30 bits per heavy atom. The second-order valence-corrected chi connectivity index (χ2v) is 5.46. The zero-order valence-electron chi connectivity index (χ0n) is 12.8.